The Morgan fingerprint density at radius 2 is 1.95 bits per heavy atom. The van der Waals surface area contributed by atoms with Crippen LogP contribution in [0.25, 0.3) is 0 Å². The first-order valence-corrected chi connectivity index (χ1v) is 6.53. The maximum Gasteiger partial charge on any atom is 0.423 e. The van der Waals surface area contributed by atoms with Gasteiger partial charge in [0.25, 0.3) is 5.69 Å². The quantitative estimate of drug-likeness (QED) is 0.445. The molecule has 3 nitrogen and oxygen atoms in total. The van der Waals surface area contributed by atoms with Gasteiger partial charge in [0, 0.05) is 11.4 Å². The summed E-state index contributed by atoms with van der Waals surface area (Å²) < 4.78 is 38.4. The summed E-state index contributed by atoms with van der Waals surface area (Å²) in [5.41, 5.74) is -1.81. The van der Waals surface area contributed by atoms with E-state index in [-0.39, 0.29) is 11.8 Å². The van der Waals surface area contributed by atoms with Crippen LogP contribution in [-0.4, -0.2) is 10.3 Å². The second-order valence-electron chi connectivity index (χ2n) is 5.04. The minimum Gasteiger partial charge on any atom is -0.258 e. The molecule has 0 saturated carbocycles. The number of hydrogen-bond acceptors (Lipinski definition) is 2. The summed E-state index contributed by atoms with van der Waals surface area (Å²) in [6.07, 6.45) is -3.83. The van der Waals surface area contributed by atoms with Gasteiger partial charge in [0.2, 0.25) is 0 Å². The van der Waals surface area contributed by atoms with Crippen LogP contribution in [0.1, 0.15) is 31.4 Å². The van der Waals surface area contributed by atoms with Crippen LogP contribution in [0.5, 0.6) is 0 Å². The summed E-state index contributed by atoms with van der Waals surface area (Å²) in [7, 11) is 0. The topological polar surface area (TPSA) is 43.1 Å². The Hall–Kier alpha value is -1.30. The maximum absolute atomic E-state index is 12.8. The maximum atomic E-state index is 12.8. The Morgan fingerprint density at radius 3 is 2.40 bits per heavy atom. The van der Waals surface area contributed by atoms with Crippen molar-refractivity contribution in [2.45, 2.75) is 38.2 Å². The third-order valence-corrected chi connectivity index (χ3v) is 3.08. The highest BCUT2D eigenvalue weighted by Crippen LogP contribution is 2.36. The van der Waals surface area contributed by atoms with Crippen LogP contribution in [0.3, 0.4) is 0 Å². The first kappa shape index (κ1) is 16.8. The largest absolute Gasteiger partial charge is 0.423 e. The number of benzene rings is 1. The molecular formula is C13H15ClF3NO2. The van der Waals surface area contributed by atoms with E-state index in [1.54, 1.807) is 0 Å². The Labute approximate surface area is 119 Å². The molecule has 0 heterocycles. The van der Waals surface area contributed by atoms with E-state index in [2.05, 4.69) is 0 Å². The van der Waals surface area contributed by atoms with Crippen molar-refractivity contribution < 1.29 is 18.1 Å². The summed E-state index contributed by atoms with van der Waals surface area (Å²) in [6, 6.07) is 3.02. The predicted octanol–water partition coefficient (Wildman–Crippen LogP) is 4.81. The molecule has 0 aliphatic heterocycles. The van der Waals surface area contributed by atoms with Crippen LogP contribution in [0.2, 0.25) is 0 Å². The monoisotopic (exact) mass is 309 g/mol. The SMILES string of the molecule is CC(C)CC(Cl)Cc1ccc([N+](=O)[O-])c(C(F)(F)F)c1. The predicted molar refractivity (Wildman–Crippen MR) is 70.9 cm³/mol. The van der Waals surface area contributed by atoms with Crippen molar-refractivity contribution in [3.63, 3.8) is 0 Å². The van der Waals surface area contributed by atoms with E-state index in [4.69, 9.17) is 11.6 Å². The van der Waals surface area contributed by atoms with Gasteiger partial charge >= 0.3 is 6.18 Å². The average Bonchev–Trinajstić information content (AvgIpc) is 2.25. The van der Waals surface area contributed by atoms with Crippen molar-refractivity contribution in [2.24, 2.45) is 5.92 Å². The molecule has 0 spiro atoms. The minimum absolute atomic E-state index is 0.251. The number of nitro benzene ring substituents is 1. The molecule has 20 heavy (non-hydrogen) atoms. The number of rotatable bonds is 5. The van der Waals surface area contributed by atoms with Crippen LogP contribution in [-0.2, 0) is 12.6 Å². The summed E-state index contributed by atoms with van der Waals surface area (Å²) in [4.78, 5) is 9.60. The third-order valence-electron chi connectivity index (χ3n) is 2.75. The number of nitrogens with zero attached hydrogens (tertiary/aromatic N) is 1. The fourth-order valence-electron chi connectivity index (χ4n) is 1.95. The van der Waals surface area contributed by atoms with Gasteiger partial charge in [-0.05, 0) is 30.4 Å². The lowest BCUT2D eigenvalue weighted by atomic mass is 10.00. The molecule has 0 radical (unpaired) electrons. The van der Waals surface area contributed by atoms with Gasteiger partial charge in [0.05, 0.1) is 4.92 Å². The van der Waals surface area contributed by atoms with Gasteiger partial charge in [0.15, 0.2) is 0 Å². The van der Waals surface area contributed by atoms with Gasteiger partial charge in [-0.3, -0.25) is 10.1 Å². The van der Waals surface area contributed by atoms with Crippen molar-refractivity contribution in [3.8, 4) is 0 Å². The molecule has 0 bridgehead atoms. The molecule has 0 aromatic heterocycles. The van der Waals surface area contributed by atoms with Gasteiger partial charge in [-0.2, -0.15) is 13.2 Å². The fourth-order valence-corrected chi connectivity index (χ4v) is 2.48. The highest BCUT2D eigenvalue weighted by Gasteiger charge is 2.38. The first-order chi connectivity index (χ1) is 9.11. The summed E-state index contributed by atoms with van der Waals surface area (Å²) in [5.74, 6) is 0.331. The second kappa shape index (κ2) is 6.43. The Balaban J connectivity index is 3.04. The smallest absolute Gasteiger partial charge is 0.258 e. The van der Waals surface area contributed by atoms with Crippen molar-refractivity contribution >= 4 is 17.3 Å². The number of hydrogen-bond donors (Lipinski definition) is 0. The summed E-state index contributed by atoms with van der Waals surface area (Å²) in [6.45, 7) is 3.93. The highest BCUT2D eigenvalue weighted by molar-refractivity contribution is 6.20. The average molecular weight is 310 g/mol. The first-order valence-electron chi connectivity index (χ1n) is 6.09. The van der Waals surface area contributed by atoms with Gasteiger partial charge < -0.3 is 0 Å². The standard InChI is InChI=1S/C13H15ClF3NO2/c1-8(2)5-10(14)6-9-3-4-12(18(19)20)11(7-9)13(15,16)17/h3-4,7-8,10H,5-6H2,1-2H3. The minimum atomic E-state index is -4.75. The molecule has 1 unspecified atom stereocenters. The van der Waals surface area contributed by atoms with Gasteiger partial charge in [0.1, 0.15) is 5.56 Å². The second-order valence-corrected chi connectivity index (χ2v) is 5.65. The van der Waals surface area contributed by atoms with Gasteiger partial charge in [-0.25, -0.2) is 0 Å². The van der Waals surface area contributed by atoms with Crippen molar-refractivity contribution in [1.29, 1.82) is 0 Å². The molecule has 0 N–H and O–H groups in total. The summed E-state index contributed by atoms with van der Waals surface area (Å²) >= 11 is 6.06. The van der Waals surface area contributed by atoms with E-state index in [0.717, 1.165) is 12.1 Å². The Bertz CT molecular complexity index is 489. The van der Waals surface area contributed by atoms with Crippen LogP contribution in [0.15, 0.2) is 18.2 Å². The van der Waals surface area contributed by atoms with Crippen LogP contribution in [0, 0.1) is 16.0 Å². The molecule has 1 atom stereocenters. The number of nitro groups is 1. The van der Waals surface area contributed by atoms with E-state index in [9.17, 15) is 23.3 Å². The van der Waals surface area contributed by atoms with Crippen molar-refractivity contribution in [2.75, 3.05) is 0 Å². The molecule has 1 aromatic carbocycles. The van der Waals surface area contributed by atoms with Crippen LogP contribution >= 0.6 is 11.6 Å². The molecule has 1 aromatic rings. The van der Waals surface area contributed by atoms with Gasteiger partial charge in [-0.15, -0.1) is 11.6 Å². The zero-order chi connectivity index (χ0) is 15.5. The fraction of sp³-hybridized carbons (Fsp3) is 0.538. The lowest BCUT2D eigenvalue weighted by Gasteiger charge is -2.14. The highest BCUT2D eigenvalue weighted by atomic mass is 35.5. The van der Waals surface area contributed by atoms with Crippen LogP contribution in [0.4, 0.5) is 18.9 Å². The molecule has 0 amide bonds. The van der Waals surface area contributed by atoms with Gasteiger partial charge in [-0.1, -0.05) is 19.9 Å². The lowest BCUT2D eigenvalue weighted by Crippen LogP contribution is -2.12. The molecule has 1 rings (SSSR count). The zero-order valence-corrected chi connectivity index (χ0v) is 11.8. The van der Waals surface area contributed by atoms with Crippen LogP contribution < -0.4 is 0 Å². The molecular weight excluding hydrogens is 295 g/mol. The third kappa shape index (κ3) is 4.67. The molecule has 0 aliphatic rings. The lowest BCUT2D eigenvalue weighted by molar-refractivity contribution is -0.388. The van der Waals surface area contributed by atoms with E-state index in [1.165, 1.54) is 6.07 Å². The summed E-state index contributed by atoms with van der Waals surface area (Å²) in [5, 5.41) is 10.3. The van der Waals surface area contributed by atoms with E-state index in [0.29, 0.717) is 17.9 Å². The zero-order valence-electron chi connectivity index (χ0n) is 11.1. The molecule has 7 heteroatoms. The van der Waals surface area contributed by atoms with Crippen molar-refractivity contribution in [1.82, 2.24) is 0 Å². The Kier molecular flexibility index (Phi) is 5.39. The van der Waals surface area contributed by atoms with Crippen molar-refractivity contribution in [3.05, 3.63) is 39.4 Å². The number of alkyl halides is 4. The van der Waals surface area contributed by atoms with E-state index in [1.807, 2.05) is 13.8 Å². The normalized spacial score (nSPS) is 13.6. The van der Waals surface area contributed by atoms with E-state index >= 15 is 0 Å². The Morgan fingerprint density at radius 1 is 1.35 bits per heavy atom. The molecule has 0 fully saturated rings. The molecule has 0 aliphatic carbocycles. The van der Waals surface area contributed by atoms with E-state index < -0.39 is 22.4 Å². The number of halogens is 4. The molecule has 0 saturated heterocycles. The molecule has 112 valence electrons.